The highest BCUT2D eigenvalue weighted by Crippen LogP contribution is 2.22. The van der Waals surface area contributed by atoms with Gasteiger partial charge in [-0.1, -0.05) is 6.07 Å². The Kier molecular flexibility index (Phi) is 4.82. The van der Waals surface area contributed by atoms with Crippen LogP contribution in [-0.4, -0.2) is 37.7 Å². The fraction of sp³-hybridized carbons (Fsp3) is 0.250. The van der Waals surface area contributed by atoms with Crippen LogP contribution in [0.4, 0.5) is 5.69 Å². The van der Waals surface area contributed by atoms with Crippen molar-refractivity contribution >= 4 is 21.6 Å². The quantitative estimate of drug-likeness (QED) is 0.930. The summed E-state index contributed by atoms with van der Waals surface area (Å²) in [7, 11) is -0.626. The standard InChI is InChI=1S/C16H19N3O3S/c1-11-5-8-14(9-15(11)23(21,22)19(3)4)18-16(20)13-7-6-12(2)17-10-13/h5-10H,1-4H3,(H,18,20). The number of aromatic nitrogens is 1. The van der Waals surface area contributed by atoms with Crippen molar-refractivity contribution in [3.63, 3.8) is 0 Å². The van der Waals surface area contributed by atoms with Crippen LogP contribution >= 0.6 is 0 Å². The van der Waals surface area contributed by atoms with Crippen LogP contribution in [-0.2, 0) is 10.0 Å². The molecule has 0 fully saturated rings. The Bertz CT molecular complexity index is 828. The number of carbonyl (C=O) groups is 1. The van der Waals surface area contributed by atoms with Gasteiger partial charge in [-0.2, -0.15) is 0 Å². The van der Waals surface area contributed by atoms with E-state index in [0.29, 0.717) is 16.8 Å². The van der Waals surface area contributed by atoms with E-state index < -0.39 is 10.0 Å². The molecule has 0 saturated carbocycles. The third-order valence-electron chi connectivity index (χ3n) is 3.38. The van der Waals surface area contributed by atoms with Gasteiger partial charge in [-0.3, -0.25) is 9.78 Å². The molecule has 0 aliphatic rings. The lowest BCUT2D eigenvalue weighted by Crippen LogP contribution is -2.23. The van der Waals surface area contributed by atoms with Gasteiger partial charge in [0.15, 0.2) is 0 Å². The van der Waals surface area contributed by atoms with Crippen LogP contribution < -0.4 is 5.32 Å². The maximum atomic E-state index is 12.3. The van der Waals surface area contributed by atoms with Gasteiger partial charge in [0.1, 0.15) is 0 Å². The van der Waals surface area contributed by atoms with Crippen LogP contribution in [0, 0.1) is 13.8 Å². The lowest BCUT2D eigenvalue weighted by molar-refractivity contribution is 0.102. The number of aryl methyl sites for hydroxylation is 2. The zero-order valence-electron chi connectivity index (χ0n) is 13.5. The summed E-state index contributed by atoms with van der Waals surface area (Å²) in [4.78, 5) is 16.4. The zero-order chi connectivity index (χ0) is 17.2. The van der Waals surface area contributed by atoms with Crippen LogP contribution in [0.5, 0.6) is 0 Å². The van der Waals surface area contributed by atoms with Gasteiger partial charge < -0.3 is 5.32 Å². The Morgan fingerprint density at radius 2 is 1.83 bits per heavy atom. The van der Waals surface area contributed by atoms with Crippen molar-refractivity contribution in [3.8, 4) is 0 Å². The number of rotatable bonds is 4. The second kappa shape index (κ2) is 6.47. The van der Waals surface area contributed by atoms with Crippen LogP contribution in [0.1, 0.15) is 21.6 Å². The maximum Gasteiger partial charge on any atom is 0.257 e. The normalized spacial score (nSPS) is 11.5. The number of pyridine rings is 1. The molecule has 1 amide bonds. The number of nitrogens with one attached hydrogen (secondary N) is 1. The van der Waals surface area contributed by atoms with Crippen LogP contribution in [0.2, 0.25) is 0 Å². The van der Waals surface area contributed by atoms with Crippen molar-refractivity contribution in [1.82, 2.24) is 9.29 Å². The topological polar surface area (TPSA) is 79.4 Å². The Morgan fingerprint density at radius 1 is 1.13 bits per heavy atom. The summed E-state index contributed by atoms with van der Waals surface area (Å²) in [6.07, 6.45) is 1.48. The molecule has 2 aromatic rings. The van der Waals surface area contributed by atoms with Gasteiger partial charge in [-0.25, -0.2) is 12.7 Å². The van der Waals surface area contributed by atoms with E-state index in [2.05, 4.69) is 10.3 Å². The number of sulfonamides is 1. The number of nitrogens with zero attached hydrogens (tertiary/aromatic N) is 2. The fourth-order valence-corrected chi connectivity index (χ4v) is 3.10. The van der Waals surface area contributed by atoms with E-state index in [1.807, 2.05) is 6.92 Å². The monoisotopic (exact) mass is 333 g/mol. The molecule has 0 aliphatic heterocycles. The first-order valence-electron chi connectivity index (χ1n) is 6.99. The molecule has 1 aromatic heterocycles. The summed E-state index contributed by atoms with van der Waals surface area (Å²) >= 11 is 0. The molecule has 1 N–H and O–H groups in total. The molecule has 0 saturated heterocycles. The summed E-state index contributed by atoms with van der Waals surface area (Å²) in [6.45, 7) is 3.55. The third kappa shape index (κ3) is 3.75. The first-order valence-corrected chi connectivity index (χ1v) is 8.43. The SMILES string of the molecule is Cc1ccc(C(=O)Nc2ccc(C)c(S(=O)(=O)N(C)C)c2)cn1. The molecule has 1 heterocycles. The molecule has 2 rings (SSSR count). The van der Waals surface area contributed by atoms with E-state index in [1.165, 1.54) is 26.4 Å². The molecule has 6 nitrogen and oxygen atoms in total. The van der Waals surface area contributed by atoms with Gasteiger partial charge >= 0.3 is 0 Å². The van der Waals surface area contributed by atoms with Gasteiger partial charge in [0, 0.05) is 31.7 Å². The Hall–Kier alpha value is -2.25. The van der Waals surface area contributed by atoms with E-state index in [4.69, 9.17) is 0 Å². The third-order valence-corrected chi connectivity index (χ3v) is 5.34. The number of anilines is 1. The van der Waals surface area contributed by atoms with Crippen molar-refractivity contribution in [1.29, 1.82) is 0 Å². The highest BCUT2D eigenvalue weighted by molar-refractivity contribution is 7.89. The minimum absolute atomic E-state index is 0.169. The number of hydrogen-bond acceptors (Lipinski definition) is 4. The van der Waals surface area contributed by atoms with E-state index in [0.717, 1.165) is 10.00 Å². The van der Waals surface area contributed by atoms with Crippen molar-refractivity contribution in [2.24, 2.45) is 0 Å². The molecule has 23 heavy (non-hydrogen) atoms. The Labute approximate surface area is 136 Å². The smallest absolute Gasteiger partial charge is 0.257 e. The van der Waals surface area contributed by atoms with E-state index in [1.54, 1.807) is 31.2 Å². The van der Waals surface area contributed by atoms with Gasteiger partial charge in [0.2, 0.25) is 10.0 Å². The second-order valence-electron chi connectivity index (χ2n) is 5.41. The molecule has 7 heteroatoms. The first kappa shape index (κ1) is 17.1. The molecule has 0 unspecified atom stereocenters. The average Bonchev–Trinajstić information content (AvgIpc) is 2.49. The molecule has 122 valence electrons. The van der Waals surface area contributed by atoms with Crippen molar-refractivity contribution < 1.29 is 13.2 Å². The number of carbonyl (C=O) groups excluding carboxylic acids is 1. The lowest BCUT2D eigenvalue weighted by atomic mass is 10.2. The van der Waals surface area contributed by atoms with Crippen molar-refractivity contribution in [2.45, 2.75) is 18.7 Å². The Balaban J connectivity index is 2.31. The first-order chi connectivity index (χ1) is 10.7. The largest absolute Gasteiger partial charge is 0.322 e. The van der Waals surface area contributed by atoms with E-state index >= 15 is 0 Å². The molecule has 0 aliphatic carbocycles. The van der Waals surface area contributed by atoms with Gasteiger partial charge in [-0.15, -0.1) is 0 Å². The highest BCUT2D eigenvalue weighted by Gasteiger charge is 2.20. The molecule has 0 atom stereocenters. The summed E-state index contributed by atoms with van der Waals surface area (Å²) in [5.74, 6) is -0.338. The molecule has 1 aromatic carbocycles. The Morgan fingerprint density at radius 3 is 2.39 bits per heavy atom. The van der Waals surface area contributed by atoms with Crippen LogP contribution in [0.25, 0.3) is 0 Å². The predicted molar refractivity (Wildman–Crippen MR) is 89.0 cm³/mol. The number of benzene rings is 1. The number of hydrogen-bond donors (Lipinski definition) is 1. The predicted octanol–water partition coefficient (Wildman–Crippen LogP) is 2.20. The zero-order valence-corrected chi connectivity index (χ0v) is 14.3. The summed E-state index contributed by atoms with van der Waals surface area (Å²) in [6, 6.07) is 8.21. The second-order valence-corrected chi connectivity index (χ2v) is 7.53. The molecule has 0 spiro atoms. The molecule has 0 radical (unpaired) electrons. The van der Waals surface area contributed by atoms with Gasteiger partial charge in [0.25, 0.3) is 5.91 Å². The molecular formula is C16H19N3O3S. The average molecular weight is 333 g/mol. The molecule has 0 bridgehead atoms. The van der Waals surface area contributed by atoms with Gasteiger partial charge in [-0.05, 0) is 43.7 Å². The van der Waals surface area contributed by atoms with Gasteiger partial charge in [0.05, 0.1) is 10.5 Å². The minimum Gasteiger partial charge on any atom is -0.322 e. The highest BCUT2D eigenvalue weighted by atomic mass is 32.2. The fourth-order valence-electron chi connectivity index (χ4n) is 1.96. The summed E-state index contributed by atoms with van der Waals surface area (Å²) in [5.41, 5.74) is 2.26. The van der Waals surface area contributed by atoms with Crippen LogP contribution in [0.3, 0.4) is 0 Å². The summed E-state index contributed by atoms with van der Waals surface area (Å²) in [5, 5.41) is 2.69. The van der Waals surface area contributed by atoms with Crippen molar-refractivity contribution in [3.05, 3.63) is 53.3 Å². The van der Waals surface area contributed by atoms with Crippen molar-refractivity contribution in [2.75, 3.05) is 19.4 Å². The summed E-state index contributed by atoms with van der Waals surface area (Å²) < 4.78 is 25.7. The van der Waals surface area contributed by atoms with Crippen LogP contribution in [0.15, 0.2) is 41.4 Å². The van der Waals surface area contributed by atoms with E-state index in [-0.39, 0.29) is 10.8 Å². The maximum absolute atomic E-state index is 12.3. The minimum atomic E-state index is -3.57. The molecular weight excluding hydrogens is 314 g/mol. The lowest BCUT2D eigenvalue weighted by Gasteiger charge is -2.15. The number of amides is 1. The van der Waals surface area contributed by atoms with E-state index in [9.17, 15) is 13.2 Å².